The lowest BCUT2D eigenvalue weighted by Gasteiger charge is -2.19. The number of hydrogen-bond donors (Lipinski definition) is 1. The summed E-state index contributed by atoms with van der Waals surface area (Å²) in [4.78, 5) is 13.9. The van der Waals surface area contributed by atoms with Crippen LogP contribution in [0.2, 0.25) is 0 Å². The molecular formula is C16H16N2O5S2. The standard InChI is InChI=1S/C16H16N2O5S2/c19-16-17-12-10-11(3-4-13(12)23-16)25(20,21)18-6-5-15(24-9-7-18)14-2-1-8-22-14/h1-4,8,10,15H,5-7,9H2,(H,17,19). The van der Waals surface area contributed by atoms with Crippen molar-refractivity contribution in [3.8, 4) is 0 Å². The van der Waals surface area contributed by atoms with Gasteiger partial charge in [0.25, 0.3) is 0 Å². The summed E-state index contributed by atoms with van der Waals surface area (Å²) in [5.74, 6) is 0.966. The van der Waals surface area contributed by atoms with E-state index in [1.54, 1.807) is 18.0 Å². The Labute approximate surface area is 148 Å². The Kier molecular flexibility index (Phi) is 4.22. The Morgan fingerprint density at radius 3 is 2.92 bits per heavy atom. The van der Waals surface area contributed by atoms with Gasteiger partial charge in [-0.25, -0.2) is 13.2 Å². The Morgan fingerprint density at radius 2 is 2.12 bits per heavy atom. The Balaban J connectivity index is 1.59. The molecule has 3 heterocycles. The zero-order chi connectivity index (χ0) is 17.4. The molecule has 25 heavy (non-hydrogen) atoms. The minimum absolute atomic E-state index is 0.151. The number of benzene rings is 1. The molecule has 1 saturated heterocycles. The van der Waals surface area contributed by atoms with Gasteiger partial charge in [0.15, 0.2) is 5.58 Å². The molecule has 9 heteroatoms. The number of thioether (sulfide) groups is 1. The third kappa shape index (κ3) is 3.14. The molecule has 0 radical (unpaired) electrons. The van der Waals surface area contributed by atoms with E-state index >= 15 is 0 Å². The van der Waals surface area contributed by atoms with Crippen LogP contribution in [0.4, 0.5) is 0 Å². The van der Waals surface area contributed by atoms with E-state index in [9.17, 15) is 13.2 Å². The summed E-state index contributed by atoms with van der Waals surface area (Å²) in [6.45, 7) is 0.852. The van der Waals surface area contributed by atoms with E-state index < -0.39 is 15.8 Å². The molecule has 0 aliphatic carbocycles. The molecule has 2 aromatic heterocycles. The maximum Gasteiger partial charge on any atom is 0.417 e. The highest BCUT2D eigenvalue weighted by atomic mass is 32.2. The molecule has 7 nitrogen and oxygen atoms in total. The van der Waals surface area contributed by atoms with Crippen molar-refractivity contribution in [3.63, 3.8) is 0 Å². The van der Waals surface area contributed by atoms with Crippen molar-refractivity contribution in [1.29, 1.82) is 0 Å². The molecule has 1 atom stereocenters. The molecule has 4 rings (SSSR count). The summed E-state index contributed by atoms with van der Waals surface area (Å²) in [6, 6.07) is 8.17. The fourth-order valence-electron chi connectivity index (χ4n) is 2.93. The average molecular weight is 380 g/mol. The predicted octanol–water partition coefficient (Wildman–Crippen LogP) is 2.58. The molecule has 1 N–H and O–H groups in total. The molecule has 0 spiro atoms. The van der Waals surface area contributed by atoms with Crippen molar-refractivity contribution >= 4 is 32.9 Å². The summed E-state index contributed by atoms with van der Waals surface area (Å²) in [7, 11) is -3.63. The second-order valence-electron chi connectivity index (χ2n) is 5.74. The van der Waals surface area contributed by atoms with Crippen molar-refractivity contribution in [3.05, 3.63) is 52.9 Å². The number of oxazole rings is 1. The minimum atomic E-state index is -3.63. The summed E-state index contributed by atoms with van der Waals surface area (Å²) < 4.78 is 37.8. The first kappa shape index (κ1) is 16.5. The molecule has 3 aromatic rings. The predicted molar refractivity (Wildman–Crippen MR) is 94.1 cm³/mol. The second kappa shape index (κ2) is 6.40. The van der Waals surface area contributed by atoms with Crippen LogP contribution >= 0.6 is 11.8 Å². The first-order chi connectivity index (χ1) is 12.0. The highest BCUT2D eigenvalue weighted by molar-refractivity contribution is 7.99. The third-order valence-corrected chi connectivity index (χ3v) is 7.37. The van der Waals surface area contributed by atoms with Crippen LogP contribution in [0, 0.1) is 0 Å². The zero-order valence-corrected chi connectivity index (χ0v) is 14.8. The third-order valence-electron chi connectivity index (χ3n) is 4.19. The van der Waals surface area contributed by atoms with Crippen LogP contribution in [0.1, 0.15) is 17.4 Å². The highest BCUT2D eigenvalue weighted by Gasteiger charge is 2.29. The normalized spacial score (nSPS) is 19.9. The van der Waals surface area contributed by atoms with Crippen LogP contribution in [0.5, 0.6) is 0 Å². The lowest BCUT2D eigenvalue weighted by Crippen LogP contribution is -2.33. The zero-order valence-electron chi connectivity index (χ0n) is 13.2. The number of hydrogen-bond acceptors (Lipinski definition) is 6. The first-order valence-corrected chi connectivity index (χ1v) is 10.3. The number of nitrogens with one attached hydrogen (secondary N) is 1. The SMILES string of the molecule is O=c1[nH]c2cc(S(=O)(=O)N3CCSC(c4ccco4)CC3)ccc2o1. The molecule has 1 unspecified atom stereocenters. The van der Waals surface area contributed by atoms with E-state index in [2.05, 4.69) is 4.98 Å². The molecular weight excluding hydrogens is 364 g/mol. The molecule has 1 aliphatic rings. The molecule has 1 fully saturated rings. The average Bonchev–Trinajstić information content (AvgIpc) is 3.17. The number of aromatic nitrogens is 1. The van der Waals surface area contributed by atoms with Gasteiger partial charge in [-0.2, -0.15) is 4.31 Å². The number of rotatable bonds is 3. The molecule has 0 saturated carbocycles. The van der Waals surface area contributed by atoms with Gasteiger partial charge in [-0.15, -0.1) is 11.8 Å². The lowest BCUT2D eigenvalue weighted by atomic mass is 10.2. The maximum absolute atomic E-state index is 13.0. The fraction of sp³-hybridized carbons (Fsp3) is 0.312. The fourth-order valence-corrected chi connectivity index (χ4v) is 5.71. The van der Waals surface area contributed by atoms with Gasteiger partial charge in [0.2, 0.25) is 10.0 Å². The summed E-state index contributed by atoms with van der Waals surface area (Å²) in [6.07, 6.45) is 2.32. The maximum atomic E-state index is 13.0. The van der Waals surface area contributed by atoms with Crippen LogP contribution in [0.15, 0.2) is 55.1 Å². The smallest absolute Gasteiger partial charge is 0.417 e. The number of H-pyrrole nitrogens is 1. The van der Waals surface area contributed by atoms with Gasteiger partial charge in [-0.1, -0.05) is 0 Å². The first-order valence-electron chi connectivity index (χ1n) is 7.82. The monoisotopic (exact) mass is 380 g/mol. The number of fused-ring (bicyclic) bond motifs is 1. The number of nitrogens with zero attached hydrogens (tertiary/aromatic N) is 1. The van der Waals surface area contributed by atoms with Gasteiger partial charge in [0, 0.05) is 18.8 Å². The number of aromatic amines is 1. The van der Waals surface area contributed by atoms with Crippen molar-refractivity contribution in [2.45, 2.75) is 16.6 Å². The van der Waals surface area contributed by atoms with E-state index in [1.807, 2.05) is 12.1 Å². The molecule has 1 aromatic carbocycles. The van der Waals surface area contributed by atoms with Crippen molar-refractivity contribution in [2.24, 2.45) is 0 Å². The summed E-state index contributed by atoms with van der Waals surface area (Å²) in [5, 5.41) is 0.155. The van der Waals surface area contributed by atoms with Gasteiger partial charge in [0.1, 0.15) is 5.76 Å². The number of furan rings is 1. The van der Waals surface area contributed by atoms with Gasteiger partial charge in [-0.3, -0.25) is 4.98 Å². The van der Waals surface area contributed by atoms with Crippen LogP contribution in [-0.2, 0) is 10.0 Å². The van der Waals surface area contributed by atoms with E-state index in [1.165, 1.54) is 22.5 Å². The lowest BCUT2D eigenvalue weighted by molar-refractivity contribution is 0.417. The summed E-state index contributed by atoms with van der Waals surface area (Å²) >= 11 is 1.70. The minimum Gasteiger partial charge on any atom is -0.468 e. The largest absolute Gasteiger partial charge is 0.468 e. The number of sulfonamides is 1. The van der Waals surface area contributed by atoms with E-state index in [0.29, 0.717) is 36.4 Å². The Hall–Kier alpha value is -1.97. The quantitative estimate of drug-likeness (QED) is 0.750. The topological polar surface area (TPSA) is 96.5 Å². The van der Waals surface area contributed by atoms with Crippen LogP contribution in [-0.4, -0.2) is 36.5 Å². The Bertz CT molecular complexity index is 1040. The van der Waals surface area contributed by atoms with Crippen LogP contribution in [0.3, 0.4) is 0 Å². The molecule has 132 valence electrons. The van der Waals surface area contributed by atoms with Crippen LogP contribution < -0.4 is 5.76 Å². The molecule has 1 aliphatic heterocycles. The molecule has 0 amide bonds. The van der Waals surface area contributed by atoms with E-state index in [0.717, 1.165) is 5.76 Å². The van der Waals surface area contributed by atoms with E-state index in [4.69, 9.17) is 8.83 Å². The highest BCUT2D eigenvalue weighted by Crippen LogP contribution is 2.35. The van der Waals surface area contributed by atoms with Crippen molar-refractivity contribution in [2.75, 3.05) is 18.8 Å². The van der Waals surface area contributed by atoms with Gasteiger partial charge >= 0.3 is 5.76 Å². The molecule has 0 bridgehead atoms. The van der Waals surface area contributed by atoms with E-state index in [-0.39, 0.29) is 10.1 Å². The van der Waals surface area contributed by atoms with Crippen LogP contribution in [0.25, 0.3) is 11.1 Å². The van der Waals surface area contributed by atoms with Crippen molar-refractivity contribution in [1.82, 2.24) is 9.29 Å². The second-order valence-corrected chi connectivity index (χ2v) is 8.99. The summed E-state index contributed by atoms with van der Waals surface area (Å²) in [5.41, 5.74) is 0.719. The van der Waals surface area contributed by atoms with Gasteiger partial charge in [-0.05, 0) is 36.8 Å². The van der Waals surface area contributed by atoms with Gasteiger partial charge < -0.3 is 8.83 Å². The Morgan fingerprint density at radius 1 is 1.24 bits per heavy atom. The van der Waals surface area contributed by atoms with Gasteiger partial charge in [0.05, 0.1) is 21.9 Å². The van der Waals surface area contributed by atoms with Crippen molar-refractivity contribution < 1.29 is 17.3 Å².